The van der Waals surface area contributed by atoms with Crippen molar-refractivity contribution >= 4 is 19.3 Å². The van der Waals surface area contributed by atoms with E-state index in [-0.39, 0.29) is 30.6 Å². The van der Waals surface area contributed by atoms with Crippen LogP contribution in [0.15, 0.2) is 12.4 Å². The Balaban J connectivity index is 0.00000245. The van der Waals surface area contributed by atoms with Gasteiger partial charge in [-0.15, -0.1) is 0 Å². The van der Waals surface area contributed by atoms with Crippen LogP contribution in [0.25, 0.3) is 0 Å². The summed E-state index contributed by atoms with van der Waals surface area (Å²) in [6, 6.07) is 2.09. The van der Waals surface area contributed by atoms with E-state index in [1.54, 1.807) is 10.9 Å². The lowest BCUT2D eigenvalue weighted by Crippen LogP contribution is -2.52. The van der Waals surface area contributed by atoms with E-state index in [0.717, 1.165) is 55.3 Å². The third-order valence-corrected chi connectivity index (χ3v) is 9.83. The van der Waals surface area contributed by atoms with Crippen LogP contribution in [-0.2, 0) is 11.3 Å². The Morgan fingerprint density at radius 1 is 1.12 bits per heavy atom. The van der Waals surface area contributed by atoms with Crippen LogP contribution in [0, 0.1) is 52.3 Å². The number of aliphatic hydroxyl groups is 1. The normalized spacial score (nSPS) is 43.1. The zero-order valence-corrected chi connectivity index (χ0v) is 20.6. The maximum atomic E-state index is 13.0. The highest BCUT2D eigenvalue weighted by molar-refractivity contribution is 7.59. The van der Waals surface area contributed by atoms with Crippen molar-refractivity contribution in [3.63, 3.8) is 0 Å². The Labute approximate surface area is 199 Å². The molecule has 0 amide bonds. The number of carbonyl (C=O) groups excluding carboxylic acids is 1. The molecule has 0 aromatic carbocycles. The first kappa shape index (κ1) is 23.8. The molecule has 5 rings (SSSR count). The molecule has 8 atom stereocenters. The molecule has 1 aromatic heterocycles. The van der Waals surface area contributed by atoms with Gasteiger partial charge in [0.1, 0.15) is 6.07 Å². The summed E-state index contributed by atoms with van der Waals surface area (Å²) in [7, 11) is 0. The number of nitrogens with zero attached hydrogens (tertiary/aromatic N) is 3. The molecule has 0 spiro atoms. The van der Waals surface area contributed by atoms with Crippen molar-refractivity contribution in [1.82, 2.24) is 9.78 Å². The van der Waals surface area contributed by atoms with Gasteiger partial charge in [0.05, 0.1) is 23.9 Å². The molecule has 32 heavy (non-hydrogen) atoms. The molecule has 0 radical (unpaired) electrons. The van der Waals surface area contributed by atoms with Gasteiger partial charge >= 0.3 is 0 Å². The van der Waals surface area contributed by atoms with Crippen molar-refractivity contribution in [3.8, 4) is 6.07 Å². The summed E-state index contributed by atoms with van der Waals surface area (Å²) >= 11 is 0. The van der Waals surface area contributed by atoms with Crippen LogP contribution < -0.4 is 0 Å². The van der Waals surface area contributed by atoms with Gasteiger partial charge in [-0.25, -0.2) is 0 Å². The SMILES string of the molecule is C[C@@]1(O)CC[C@H]2[C@H](CC[C@@H]3[C@@H]2CC[C@]2(C)C[C@@H](C(=O)Cn4cc(C#N)cn4)CC[C@@H]32)C1.S. The minimum atomic E-state index is -0.446. The first-order valence-corrected chi connectivity index (χ1v) is 12.5. The first-order valence-electron chi connectivity index (χ1n) is 12.5. The van der Waals surface area contributed by atoms with E-state index in [2.05, 4.69) is 18.1 Å². The van der Waals surface area contributed by atoms with Gasteiger partial charge in [0, 0.05) is 12.1 Å². The average Bonchev–Trinajstić information content (AvgIpc) is 3.19. The van der Waals surface area contributed by atoms with Crippen LogP contribution in [0.3, 0.4) is 0 Å². The maximum absolute atomic E-state index is 13.0. The second kappa shape index (κ2) is 8.80. The van der Waals surface area contributed by atoms with E-state index in [9.17, 15) is 9.90 Å². The number of hydrogen-bond donors (Lipinski definition) is 1. The van der Waals surface area contributed by atoms with Gasteiger partial charge in [0.2, 0.25) is 0 Å². The molecule has 0 bridgehead atoms. The molecule has 4 fully saturated rings. The molecule has 176 valence electrons. The minimum Gasteiger partial charge on any atom is -0.390 e. The molecular formula is C26H39N3O2S. The highest BCUT2D eigenvalue weighted by Gasteiger charge is 2.55. The van der Waals surface area contributed by atoms with Crippen molar-refractivity contribution in [3.05, 3.63) is 18.0 Å². The Hall–Kier alpha value is -1.32. The molecule has 4 aliphatic carbocycles. The van der Waals surface area contributed by atoms with Gasteiger partial charge in [-0.1, -0.05) is 6.92 Å². The number of fused-ring (bicyclic) bond motifs is 5. The fourth-order valence-electron chi connectivity index (χ4n) is 8.41. The number of Topliss-reactive ketones (excluding diaryl/α,β-unsaturated/α-hetero) is 1. The lowest BCUT2D eigenvalue weighted by molar-refractivity contribution is -0.135. The largest absolute Gasteiger partial charge is 0.390 e. The summed E-state index contributed by atoms with van der Waals surface area (Å²) < 4.78 is 1.63. The molecule has 0 unspecified atom stereocenters. The molecule has 1 N–H and O–H groups in total. The van der Waals surface area contributed by atoms with Crippen molar-refractivity contribution in [2.45, 2.75) is 90.2 Å². The van der Waals surface area contributed by atoms with E-state index in [4.69, 9.17) is 5.26 Å². The number of aromatic nitrogens is 2. The van der Waals surface area contributed by atoms with Crippen molar-refractivity contribution in [2.75, 3.05) is 0 Å². The number of carbonyl (C=O) groups is 1. The predicted octanol–water partition coefficient (Wildman–Crippen LogP) is 4.85. The predicted molar refractivity (Wildman–Crippen MR) is 128 cm³/mol. The van der Waals surface area contributed by atoms with Gasteiger partial charge in [-0.3, -0.25) is 9.48 Å². The maximum Gasteiger partial charge on any atom is 0.157 e. The third-order valence-electron chi connectivity index (χ3n) is 9.83. The smallest absolute Gasteiger partial charge is 0.157 e. The second-order valence-corrected chi connectivity index (χ2v) is 11.9. The van der Waals surface area contributed by atoms with Crippen LogP contribution in [0.5, 0.6) is 0 Å². The number of nitriles is 1. The number of rotatable bonds is 3. The van der Waals surface area contributed by atoms with Crippen LogP contribution in [-0.4, -0.2) is 26.3 Å². The lowest BCUT2D eigenvalue weighted by atomic mass is 9.46. The zero-order valence-electron chi connectivity index (χ0n) is 19.6. The van der Waals surface area contributed by atoms with E-state index < -0.39 is 5.60 Å². The molecule has 4 aliphatic rings. The minimum absolute atomic E-state index is 0. The van der Waals surface area contributed by atoms with E-state index >= 15 is 0 Å². The molecule has 0 aliphatic heterocycles. The molecule has 1 aromatic rings. The van der Waals surface area contributed by atoms with Crippen LogP contribution in [0.1, 0.15) is 83.6 Å². The van der Waals surface area contributed by atoms with Gasteiger partial charge in [0.15, 0.2) is 5.78 Å². The summed E-state index contributed by atoms with van der Waals surface area (Å²) in [5, 5.41) is 23.8. The number of hydrogen-bond acceptors (Lipinski definition) is 4. The van der Waals surface area contributed by atoms with Crippen molar-refractivity contribution in [2.24, 2.45) is 40.9 Å². The molecule has 4 saturated carbocycles. The van der Waals surface area contributed by atoms with Crippen LogP contribution in [0.2, 0.25) is 0 Å². The molecule has 0 saturated heterocycles. The standard InChI is InChI=1S/C26H37N3O2.H2S/c1-25-9-7-21-20-8-10-26(2,31)12-18(20)3-5-22(21)23(25)6-4-19(11-25)24(30)16-29-15-17(13-27)14-28-29;/h14-15,18-23,31H,3-12,16H2,1-2H3;1H2/t18-,19+,20+,21-,22-,23+,25-,26-;/m1./s1. The van der Waals surface area contributed by atoms with Crippen molar-refractivity contribution in [1.29, 1.82) is 5.26 Å². The van der Waals surface area contributed by atoms with E-state index in [1.807, 2.05) is 6.92 Å². The fraction of sp³-hybridized carbons (Fsp3) is 0.808. The van der Waals surface area contributed by atoms with Gasteiger partial charge in [-0.05, 0) is 106 Å². The van der Waals surface area contributed by atoms with Crippen LogP contribution >= 0.6 is 13.5 Å². The zero-order chi connectivity index (χ0) is 21.8. The Morgan fingerprint density at radius 2 is 1.91 bits per heavy atom. The lowest BCUT2D eigenvalue weighted by Gasteiger charge is -2.59. The van der Waals surface area contributed by atoms with E-state index in [0.29, 0.717) is 12.1 Å². The number of ketones is 1. The quantitative estimate of drug-likeness (QED) is 0.704. The van der Waals surface area contributed by atoms with Crippen molar-refractivity contribution < 1.29 is 9.90 Å². The van der Waals surface area contributed by atoms with Gasteiger partial charge < -0.3 is 5.11 Å². The molecule has 6 heteroatoms. The molecular weight excluding hydrogens is 418 g/mol. The summed E-state index contributed by atoms with van der Waals surface area (Å²) in [6.07, 6.45) is 14.8. The van der Waals surface area contributed by atoms with Gasteiger partial charge in [-0.2, -0.15) is 23.9 Å². The van der Waals surface area contributed by atoms with Gasteiger partial charge in [0.25, 0.3) is 0 Å². The monoisotopic (exact) mass is 457 g/mol. The van der Waals surface area contributed by atoms with E-state index in [1.165, 1.54) is 44.7 Å². The summed E-state index contributed by atoms with van der Waals surface area (Å²) in [4.78, 5) is 13.0. The molecule has 1 heterocycles. The Morgan fingerprint density at radius 3 is 2.66 bits per heavy atom. The third kappa shape index (κ3) is 4.28. The molecule has 5 nitrogen and oxygen atoms in total. The topological polar surface area (TPSA) is 78.9 Å². The highest BCUT2D eigenvalue weighted by Crippen LogP contribution is 2.62. The first-order chi connectivity index (χ1) is 14.8. The van der Waals surface area contributed by atoms with Crippen LogP contribution in [0.4, 0.5) is 0 Å². The Kier molecular flexibility index (Phi) is 6.55. The average molecular weight is 458 g/mol. The fourth-order valence-corrected chi connectivity index (χ4v) is 8.41. The summed E-state index contributed by atoms with van der Waals surface area (Å²) in [6.45, 7) is 4.80. The summed E-state index contributed by atoms with van der Waals surface area (Å²) in [5.74, 6) is 4.38. The second-order valence-electron chi connectivity index (χ2n) is 11.9. The highest BCUT2D eigenvalue weighted by atomic mass is 32.1. The summed E-state index contributed by atoms with van der Waals surface area (Å²) in [5.41, 5.74) is 0.356. The Bertz CT molecular complexity index is 890.